The lowest BCUT2D eigenvalue weighted by Gasteiger charge is -2.05. The van der Waals surface area contributed by atoms with Crippen molar-refractivity contribution in [1.82, 2.24) is 14.6 Å². The summed E-state index contributed by atoms with van der Waals surface area (Å²) in [7, 11) is 0. The van der Waals surface area contributed by atoms with Crippen LogP contribution in [0.3, 0.4) is 0 Å². The molecular formula is C10H13N3. The molecule has 0 aliphatic carbocycles. The third-order valence-corrected chi connectivity index (χ3v) is 2.42. The van der Waals surface area contributed by atoms with Gasteiger partial charge in [0.25, 0.3) is 0 Å². The molecular weight excluding hydrogens is 162 g/mol. The van der Waals surface area contributed by atoms with Crippen LogP contribution in [0.4, 0.5) is 0 Å². The maximum absolute atomic E-state index is 4.29. The van der Waals surface area contributed by atoms with Crippen LogP contribution in [0.2, 0.25) is 0 Å². The number of aromatic nitrogens is 3. The van der Waals surface area contributed by atoms with E-state index in [1.54, 1.807) is 6.20 Å². The first-order valence-corrected chi connectivity index (χ1v) is 4.61. The van der Waals surface area contributed by atoms with Crippen LogP contribution in [-0.2, 0) is 0 Å². The summed E-state index contributed by atoms with van der Waals surface area (Å²) in [6, 6.07) is 3.88. The number of imidazole rings is 1. The van der Waals surface area contributed by atoms with Gasteiger partial charge in [-0.2, -0.15) is 5.10 Å². The first kappa shape index (κ1) is 8.23. The molecule has 2 aromatic rings. The van der Waals surface area contributed by atoms with Crippen LogP contribution in [0.15, 0.2) is 24.5 Å². The second-order valence-corrected chi connectivity index (χ2v) is 3.29. The average Bonchev–Trinajstić information content (AvgIpc) is 2.60. The van der Waals surface area contributed by atoms with E-state index in [0.29, 0.717) is 5.92 Å². The lowest BCUT2D eigenvalue weighted by molar-refractivity contribution is 0.677. The summed E-state index contributed by atoms with van der Waals surface area (Å²) in [6.07, 6.45) is 4.82. The second kappa shape index (κ2) is 3.17. The van der Waals surface area contributed by atoms with Gasteiger partial charge in [-0.1, -0.05) is 13.8 Å². The minimum atomic E-state index is 0.518. The molecule has 0 saturated carbocycles. The van der Waals surface area contributed by atoms with Crippen LogP contribution in [0.25, 0.3) is 5.65 Å². The lowest BCUT2D eigenvalue weighted by atomic mass is 10.1. The molecule has 0 fully saturated rings. The van der Waals surface area contributed by atoms with Gasteiger partial charge >= 0.3 is 0 Å². The Kier molecular flexibility index (Phi) is 2.00. The van der Waals surface area contributed by atoms with E-state index >= 15 is 0 Å². The van der Waals surface area contributed by atoms with Gasteiger partial charge in [0, 0.05) is 6.20 Å². The van der Waals surface area contributed by atoms with Crippen LogP contribution >= 0.6 is 0 Å². The molecule has 0 spiro atoms. The van der Waals surface area contributed by atoms with Gasteiger partial charge in [0.1, 0.15) is 0 Å². The Hall–Kier alpha value is -1.38. The van der Waals surface area contributed by atoms with Gasteiger partial charge in [0.05, 0.1) is 11.9 Å². The lowest BCUT2D eigenvalue weighted by Crippen LogP contribution is -1.99. The molecule has 2 heterocycles. The number of hydrogen-bond acceptors (Lipinski definition) is 2. The molecule has 0 aromatic carbocycles. The standard InChI is InChI=1S/C10H13N3/c1-3-8(2)9-7-11-10-5-4-6-12-13(9)10/h4-8H,3H2,1-2H3. The summed E-state index contributed by atoms with van der Waals surface area (Å²) in [5.74, 6) is 0.518. The van der Waals surface area contributed by atoms with Crippen molar-refractivity contribution in [3.05, 3.63) is 30.2 Å². The Morgan fingerprint density at radius 3 is 3.15 bits per heavy atom. The van der Waals surface area contributed by atoms with Gasteiger partial charge in [0.2, 0.25) is 0 Å². The normalized spacial score (nSPS) is 13.4. The number of rotatable bonds is 2. The maximum atomic E-state index is 4.29. The van der Waals surface area contributed by atoms with E-state index in [9.17, 15) is 0 Å². The maximum Gasteiger partial charge on any atom is 0.153 e. The van der Waals surface area contributed by atoms with E-state index in [-0.39, 0.29) is 0 Å². The molecule has 1 atom stereocenters. The highest BCUT2D eigenvalue weighted by atomic mass is 15.2. The Balaban J connectivity index is 2.57. The summed E-state index contributed by atoms with van der Waals surface area (Å²) in [6.45, 7) is 4.37. The van der Waals surface area contributed by atoms with Crippen molar-refractivity contribution in [3.8, 4) is 0 Å². The number of fused-ring (bicyclic) bond motifs is 1. The van der Waals surface area contributed by atoms with Crippen molar-refractivity contribution in [2.45, 2.75) is 26.2 Å². The largest absolute Gasteiger partial charge is 0.235 e. The zero-order valence-corrected chi connectivity index (χ0v) is 7.94. The van der Waals surface area contributed by atoms with Gasteiger partial charge in [-0.3, -0.25) is 0 Å². The highest BCUT2D eigenvalue weighted by Gasteiger charge is 2.09. The SMILES string of the molecule is CCC(C)c1cnc2cccnn12. The molecule has 2 rings (SSSR count). The predicted octanol–water partition coefficient (Wildman–Crippen LogP) is 2.24. The van der Waals surface area contributed by atoms with Crippen LogP contribution in [0.1, 0.15) is 31.9 Å². The third-order valence-electron chi connectivity index (χ3n) is 2.42. The Labute approximate surface area is 77.4 Å². The Morgan fingerprint density at radius 2 is 2.38 bits per heavy atom. The van der Waals surface area contributed by atoms with Gasteiger partial charge in [-0.15, -0.1) is 0 Å². The monoisotopic (exact) mass is 175 g/mol. The highest BCUT2D eigenvalue weighted by Crippen LogP contribution is 2.18. The number of nitrogens with zero attached hydrogens (tertiary/aromatic N) is 3. The van der Waals surface area contributed by atoms with E-state index in [4.69, 9.17) is 0 Å². The van der Waals surface area contributed by atoms with Gasteiger partial charge in [0.15, 0.2) is 5.65 Å². The van der Waals surface area contributed by atoms with E-state index in [0.717, 1.165) is 12.1 Å². The van der Waals surface area contributed by atoms with E-state index in [2.05, 4.69) is 23.9 Å². The molecule has 68 valence electrons. The van der Waals surface area contributed by atoms with Crippen molar-refractivity contribution in [1.29, 1.82) is 0 Å². The molecule has 0 aliphatic rings. The minimum absolute atomic E-state index is 0.518. The van der Waals surface area contributed by atoms with Crippen molar-refractivity contribution in [3.63, 3.8) is 0 Å². The van der Waals surface area contributed by atoms with Crippen LogP contribution in [0, 0.1) is 0 Å². The zero-order chi connectivity index (χ0) is 9.26. The van der Waals surface area contributed by atoms with Crippen LogP contribution in [0.5, 0.6) is 0 Å². The van der Waals surface area contributed by atoms with Crippen molar-refractivity contribution in [2.24, 2.45) is 0 Å². The summed E-state index contributed by atoms with van der Waals surface area (Å²) in [5.41, 5.74) is 2.12. The molecule has 0 N–H and O–H groups in total. The molecule has 2 aromatic heterocycles. The number of hydrogen-bond donors (Lipinski definition) is 0. The van der Waals surface area contributed by atoms with Gasteiger partial charge in [-0.25, -0.2) is 9.50 Å². The molecule has 0 amide bonds. The highest BCUT2D eigenvalue weighted by molar-refractivity contribution is 5.38. The summed E-state index contributed by atoms with van der Waals surface area (Å²) >= 11 is 0. The molecule has 0 saturated heterocycles. The van der Waals surface area contributed by atoms with Crippen LogP contribution in [-0.4, -0.2) is 14.6 Å². The van der Waals surface area contributed by atoms with Gasteiger partial charge in [-0.05, 0) is 24.5 Å². The molecule has 3 heteroatoms. The minimum Gasteiger partial charge on any atom is -0.235 e. The fraction of sp³-hybridized carbons (Fsp3) is 0.400. The van der Waals surface area contributed by atoms with E-state index in [1.807, 2.05) is 22.8 Å². The Bertz CT molecular complexity index is 405. The smallest absolute Gasteiger partial charge is 0.153 e. The van der Waals surface area contributed by atoms with E-state index < -0.39 is 0 Å². The summed E-state index contributed by atoms with van der Waals surface area (Å²) in [4.78, 5) is 4.29. The van der Waals surface area contributed by atoms with Crippen molar-refractivity contribution >= 4 is 5.65 Å². The second-order valence-electron chi connectivity index (χ2n) is 3.29. The third kappa shape index (κ3) is 1.30. The average molecular weight is 175 g/mol. The van der Waals surface area contributed by atoms with Crippen LogP contribution < -0.4 is 0 Å². The topological polar surface area (TPSA) is 30.2 Å². The quantitative estimate of drug-likeness (QED) is 0.700. The predicted molar refractivity (Wildman–Crippen MR) is 51.7 cm³/mol. The van der Waals surface area contributed by atoms with Crippen molar-refractivity contribution < 1.29 is 0 Å². The molecule has 0 aliphatic heterocycles. The summed E-state index contributed by atoms with van der Waals surface area (Å²) in [5, 5.41) is 4.26. The van der Waals surface area contributed by atoms with E-state index in [1.165, 1.54) is 5.69 Å². The van der Waals surface area contributed by atoms with Gasteiger partial charge < -0.3 is 0 Å². The van der Waals surface area contributed by atoms with Crippen molar-refractivity contribution in [2.75, 3.05) is 0 Å². The first-order valence-electron chi connectivity index (χ1n) is 4.61. The zero-order valence-electron chi connectivity index (χ0n) is 7.94. The summed E-state index contributed by atoms with van der Waals surface area (Å²) < 4.78 is 1.91. The molecule has 1 unspecified atom stereocenters. The molecule has 3 nitrogen and oxygen atoms in total. The molecule has 13 heavy (non-hydrogen) atoms. The fourth-order valence-electron chi connectivity index (χ4n) is 1.39. The first-order chi connectivity index (χ1) is 6.33. The fourth-order valence-corrected chi connectivity index (χ4v) is 1.39. The molecule has 0 radical (unpaired) electrons. The Morgan fingerprint density at radius 1 is 1.54 bits per heavy atom. The molecule has 0 bridgehead atoms.